The molecule has 2 nitrogen and oxygen atoms in total. The van der Waals surface area contributed by atoms with Crippen molar-refractivity contribution >= 4 is 5.69 Å². The summed E-state index contributed by atoms with van der Waals surface area (Å²) >= 11 is 0. The minimum absolute atomic E-state index is 0.759. The predicted octanol–water partition coefficient (Wildman–Crippen LogP) is 1.83. The molecule has 2 N–H and O–H groups in total. The van der Waals surface area contributed by atoms with Crippen molar-refractivity contribution in [3.05, 3.63) is 24.5 Å². The highest BCUT2D eigenvalue weighted by atomic mass is 14.6. The number of hydrogen-bond acceptors (Lipinski definition) is 2. The fourth-order valence-corrected chi connectivity index (χ4v) is 0.363. The minimum atomic E-state index is 0.759. The van der Waals surface area contributed by atoms with Gasteiger partial charge in [0.15, 0.2) is 0 Å². The Morgan fingerprint density at radius 2 is 1.60 bits per heavy atom. The van der Waals surface area contributed by atoms with Crippen LogP contribution in [0.5, 0.6) is 0 Å². The summed E-state index contributed by atoms with van der Waals surface area (Å²) in [6.45, 7) is 0. The normalized spacial score (nSPS) is 13.2. The number of aromatic nitrogens is 1. The van der Waals surface area contributed by atoms with Gasteiger partial charge in [0.25, 0.3) is 0 Å². The maximum atomic E-state index is 5.32. The molecule has 0 spiro atoms. The molecule has 0 aromatic carbocycles. The Bertz CT molecular complexity index is 167. The first kappa shape index (κ1) is 7.06. The SMILES string of the molecule is C1CC1.Nc1ccncc1. The molecule has 0 saturated heterocycles. The smallest absolute Gasteiger partial charge is 0.0344 e. The summed E-state index contributed by atoms with van der Waals surface area (Å²) in [4.78, 5) is 3.77. The van der Waals surface area contributed by atoms with E-state index in [9.17, 15) is 0 Å². The fourth-order valence-electron chi connectivity index (χ4n) is 0.363. The van der Waals surface area contributed by atoms with Crippen LogP contribution in [0.1, 0.15) is 19.3 Å². The highest BCUT2D eigenvalue weighted by Crippen LogP contribution is 2.14. The highest BCUT2D eigenvalue weighted by molar-refractivity contribution is 5.33. The van der Waals surface area contributed by atoms with Crippen LogP contribution in [0.3, 0.4) is 0 Å². The van der Waals surface area contributed by atoms with Crippen molar-refractivity contribution in [2.75, 3.05) is 5.73 Å². The van der Waals surface area contributed by atoms with Crippen molar-refractivity contribution in [2.45, 2.75) is 19.3 Å². The first-order valence-electron chi connectivity index (χ1n) is 3.55. The Hall–Kier alpha value is -1.05. The van der Waals surface area contributed by atoms with Crippen LogP contribution in [0.2, 0.25) is 0 Å². The molecule has 0 aliphatic heterocycles. The topological polar surface area (TPSA) is 38.9 Å². The second-order valence-corrected chi connectivity index (χ2v) is 2.34. The molecule has 1 aliphatic carbocycles. The van der Waals surface area contributed by atoms with Crippen LogP contribution >= 0.6 is 0 Å². The standard InChI is InChI=1S/C5H6N2.C3H6/c6-5-1-3-7-4-2-5;1-2-3-1/h1-4H,(H2,6,7);1-3H2. The second-order valence-electron chi connectivity index (χ2n) is 2.34. The van der Waals surface area contributed by atoms with Gasteiger partial charge in [0.05, 0.1) is 0 Å². The molecule has 54 valence electrons. The van der Waals surface area contributed by atoms with E-state index in [-0.39, 0.29) is 0 Å². The molecular weight excluding hydrogens is 124 g/mol. The van der Waals surface area contributed by atoms with Gasteiger partial charge in [-0.05, 0) is 12.1 Å². The lowest BCUT2D eigenvalue weighted by Crippen LogP contribution is -1.81. The average molecular weight is 136 g/mol. The van der Waals surface area contributed by atoms with Gasteiger partial charge in [-0.1, -0.05) is 19.3 Å². The van der Waals surface area contributed by atoms with Crippen molar-refractivity contribution in [2.24, 2.45) is 0 Å². The number of nitrogens with two attached hydrogens (primary N) is 1. The Kier molecular flexibility index (Phi) is 2.74. The Morgan fingerprint density at radius 1 is 1.10 bits per heavy atom. The van der Waals surface area contributed by atoms with Crippen LogP contribution in [0.15, 0.2) is 24.5 Å². The first-order chi connectivity index (χ1) is 4.89. The molecule has 2 rings (SSSR count). The van der Waals surface area contributed by atoms with Gasteiger partial charge in [0.2, 0.25) is 0 Å². The largest absolute Gasteiger partial charge is 0.399 e. The molecule has 0 atom stereocenters. The first-order valence-corrected chi connectivity index (χ1v) is 3.55. The number of hydrogen-bond donors (Lipinski definition) is 1. The second kappa shape index (κ2) is 3.88. The molecule has 1 fully saturated rings. The van der Waals surface area contributed by atoms with E-state index in [1.807, 2.05) is 0 Å². The van der Waals surface area contributed by atoms with E-state index in [1.54, 1.807) is 24.5 Å². The van der Waals surface area contributed by atoms with E-state index in [0.717, 1.165) is 5.69 Å². The number of pyridine rings is 1. The van der Waals surface area contributed by atoms with Gasteiger partial charge in [-0.15, -0.1) is 0 Å². The third-order valence-corrected chi connectivity index (χ3v) is 1.06. The fraction of sp³-hybridized carbons (Fsp3) is 0.375. The molecule has 1 saturated carbocycles. The van der Waals surface area contributed by atoms with Gasteiger partial charge in [-0.3, -0.25) is 4.98 Å². The molecule has 1 aliphatic rings. The molecule has 0 unspecified atom stereocenters. The summed E-state index contributed by atoms with van der Waals surface area (Å²) in [6, 6.07) is 3.50. The Balaban J connectivity index is 0.000000138. The molecule has 2 heteroatoms. The molecule has 0 bridgehead atoms. The lowest BCUT2D eigenvalue weighted by atomic mass is 10.4. The third kappa shape index (κ3) is 3.89. The number of nitrogens with zero attached hydrogens (tertiary/aromatic N) is 1. The van der Waals surface area contributed by atoms with Gasteiger partial charge in [-0.25, -0.2) is 0 Å². The van der Waals surface area contributed by atoms with E-state index in [2.05, 4.69) is 4.98 Å². The Morgan fingerprint density at radius 3 is 1.80 bits per heavy atom. The number of anilines is 1. The zero-order valence-electron chi connectivity index (χ0n) is 5.96. The van der Waals surface area contributed by atoms with Gasteiger partial charge >= 0.3 is 0 Å². The van der Waals surface area contributed by atoms with E-state index in [4.69, 9.17) is 5.73 Å². The maximum absolute atomic E-state index is 5.32. The summed E-state index contributed by atoms with van der Waals surface area (Å²) in [5, 5.41) is 0. The quantitative estimate of drug-likeness (QED) is 0.591. The maximum Gasteiger partial charge on any atom is 0.0344 e. The van der Waals surface area contributed by atoms with Crippen molar-refractivity contribution in [1.82, 2.24) is 4.98 Å². The molecule has 1 aromatic rings. The lowest BCUT2D eigenvalue weighted by Gasteiger charge is -1.83. The van der Waals surface area contributed by atoms with Crippen LogP contribution in [-0.4, -0.2) is 4.98 Å². The molecule has 1 aromatic heterocycles. The van der Waals surface area contributed by atoms with Crippen molar-refractivity contribution in [3.8, 4) is 0 Å². The van der Waals surface area contributed by atoms with Crippen LogP contribution in [0.4, 0.5) is 5.69 Å². The molecule has 1 heterocycles. The molecule has 0 amide bonds. The van der Waals surface area contributed by atoms with Crippen molar-refractivity contribution in [3.63, 3.8) is 0 Å². The summed E-state index contributed by atoms with van der Waals surface area (Å²) in [7, 11) is 0. The van der Waals surface area contributed by atoms with Gasteiger partial charge in [-0.2, -0.15) is 0 Å². The van der Waals surface area contributed by atoms with Crippen LogP contribution < -0.4 is 5.73 Å². The van der Waals surface area contributed by atoms with E-state index < -0.39 is 0 Å². The third-order valence-electron chi connectivity index (χ3n) is 1.06. The van der Waals surface area contributed by atoms with E-state index >= 15 is 0 Å². The Labute approximate surface area is 61.1 Å². The van der Waals surface area contributed by atoms with Gasteiger partial charge in [0.1, 0.15) is 0 Å². The minimum Gasteiger partial charge on any atom is -0.399 e. The van der Waals surface area contributed by atoms with Crippen LogP contribution in [0, 0.1) is 0 Å². The molecule has 0 radical (unpaired) electrons. The average Bonchev–Trinajstić information content (AvgIpc) is 2.73. The monoisotopic (exact) mass is 136 g/mol. The molecule has 10 heavy (non-hydrogen) atoms. The predicted molar refractivity (Wildman–Crippen MR) is 42.5 cm³/mol. The van der Waals surface area contributed by atoms with Crippen molar-refractivity contribution < 1.29 is 0 Å². The lowest BCUT2D eigenvalue weighted by molar-refractivity contribution is 1.33. The zero-order valence-corrected chi connectivity index (χ0v) is 5.96. The zero-order chi connectivity index (χ0) is 7.23. The van der Waals surface area contributed by atoms with Gasteiger partial charge in [0, 0.05) is 18.1 Å². The summed E-state index contributed by atoms with van der Waals surface area (Å²) < 4.78 is 0. The summed E-state index contributed by atoms with van der Waals surface area (Å²) in [5.41, 5.74) is 6.08. The van der Waals surface area contributed by atoms with Crippen LogP contribution in [-0.2, 0) is 0 Å². The van der Waals surface area contributed by atoms with Gasteiger partial charge < -0.3 is 5.73 Å². The van der Waals surface area contributed by atoms with Crippen LogP contribution in [0.25, 0.3) is 0 Å². The summed E-state index contributed by atoms with van der Waals surface area (Å²) in [5.74, 6) is 0. The molecular formula is C8H12N2. The van der Waals surface area contributed by atoms with E-state index in [1.165, 1.54) is 19.3 Å². The number of nitrogen functional groups attached to an aromatic ring is 1. The van der Waals surface area contributed by atoms with E-state index in [0.29, 0.717) is 0 Å². The number of rotatable bonds is 0. The highest BCUT2D eigenvalue weighted by Gasteiger charge is 1.95. The van der Waals surface area contributed by atoms with Crippen molar-refractivity contribution in [1.29, 1.82) is 0 Å². The summed E-state index contributed by atoms with van der Waals surface area (Å²) in [6.07, 6.45) is 7.82.